The fourth-order valence-electron chi connectivity index (χ4n) is 1.55. The van der Waals surface area contributed by atoms with Crippen LogP contribution >= 0.6 is 22.7 Å². The van der Waals surface area contributed by atoms with E-state index in [1.807, 2.05) is 6.92 Å². The standard InChI is InChI=1S/C12H15NOS2/c1-9(8-14)13-12(10-4-2-6-15-10)11-5-3-7-16-11/h2-7,9,12-14H,8H2,1H3. The van der Waals surface area contributed by atoms with Gasteiger partial charge in [-0.15, -0.1) is 22.7 Å². The van der Waals surface area contributed by atoms with Gasteiger partial charge in [-0.2, -0.15) is 0 Å². The molecular formula is C12H15NOS2. The third kappa shape index (κ3) is 2.71. The van der Waals surface area contributed by atoms with E-state index in [4.69, 9.17) is 5.11 Å². The molecule has 0 amide bonds. The Balaban J connectivity index is 2.20. The predicted octanol–water partition coefficient (Wildman–Crippen LogP) is 2.87. The summed E-state index contributed by atoms with van der Waals surface area (Å²) in [6, 6.07) is 8.70. The molecule has 4 heteroatoms. The molecule has 1 unspecified atom stereocenters. The van der Waals surface area contributed by atoms with E-state index in [9.17, 15) is 0 Å². The van der Waals surface area contributed by atoms with E-state index in [1.165, 1.54) is 9.75 Å². The molecule has 0 saturated heterocycles. The van der Waals surface area contributed by atoms with Crippen LogP contribution in [0, 0.1) is 0 Å². The third-order valence-electron chi connectivity index (χ3n) is 2.38. The normalized spacial score (nSPS) is 13.2. The smallest absolute Gasteiger partial charge is 0.0767 e. The second-order valence-corrected chi connectivity index (χ2v) is 5.67. The van der Waals surface area contributed by atoms with E-state index >= 15 is 0 Å². The zero-order valence-corrected chi connectivity index (χ0v) is 10.7. The number of aliphatic hydroxyl groups excluding tert-OH is 1. The van der Waals surface area contributed by atoms with Crippen molar-refractivity contribution in [3.05, 3.63) is 44.8 Å². The predicted molar refractivity (Wildman–Crippen MR) is 70.2 cm³/mol. The summed E-state index contributed by atoms with van der Waals surface area (Å²) in [5.41, 5.74) is 0. The molecule has 0 aromatic carbocycles. The molecule has 0 aliphatic rings. The van der Waals surface area contributed by atoms with Gasteiger partial charge in [-0.05, 0) is 29.8 Å². The molecule has 2 nitrogen and oxygen atoms in total. The number of hydrogen-bond donors (Lipinski definition) is 2. The SMILES string of the molecule is CC(CO)NC(c1cccs1)c1cccs1. The monoisotopic (exact) mass is 253 g/mol. The van der Waals surface area contributed by atoms with Crippen molar-refractivity contribution in [2.45, 2.75) is 19.0 Å². The van der Waals surface area contributed by atoms with Gasteiger partial charge in [0.05, 0.1) is 12.6 Å². The Morgan fingerprint density at radius 2 is 1.75 bits per heavy atom. The van der Waals surface area contributed by atoms with Crippen LogP contribution in [-0.4, -0.2) is 17.8 Å². The molecule has 0 spiro atoms. The van der Waals surface area contributed by atoms with Gasteiger partial charge in [0.25, 0.3) is 0 Å². The molecule has 2 aromatic heterocycles. The molecule has 0 aliphatic heterocycles. The summed E-state index contributed by atoms with van der Waals surface area (Å²) in [6.07, 6.45) is 0. The van der Waals surface area contributed by atoms with E-state index in [2.05, 4.69) is 40.3 Å². The average Bonchev–Trinajstić information content (AvgIpc) is 2.97. The highest BCUT2D eigenvalue weighted by molar-refractivity contribution is 7.11. The van der Waals surface area contributed by atoms with Crippen molar-refractivity contribution in [1.29, 1.82) is 0 Å². The van der Waals surface area contributed by atoms with Gasteiger partial charge in [-0.3, -0.25) is 0 Å². The van der Waals surface area contributed by atoms with Crippen molar-refractivity contribution >= 4 is 22.7 Å². The second-order valence-electron chi connectivity index (χ2n) is 3.71. The minimum Gasteiger partial charge on any atom is -0.395 e. The number of hydrogen-bond acceptors (Lipinski definition) is 4. The topological polar surface area (TPSA) is 32.3 Å². The molecule has 1 atom stereocenters. The maximum Gasteiger partial charge on any atom is 0.0767 e. The number of nitrogens with one attached hydrogen (secondary N) is 1. The summed E-state index contributed by atoms with van der Waals surface area (Å²) in [6.45, 7) is 2.15. The summed E-state index contributed by atoms with van der Waals surface area (Å²) in [4.78, 5) is 2.59. The van der Waals surface area contributed by atoms with Gasteiger partial charge >= 0.3 is 0 Å². The highest BCUT2D eigenvalue weighted by atomic mass is 32.1. The van der Waals surface area contributed by atoms with Crippen molar-refractivity contribution in [1.82, 2.24) is 5.32 Å². The average molecular weight is 253 g/mol. The molecule has 86 valence electrons. The zero-order valence-electron chi connectivity index (χ0n) is 9.09. The highest BCUT2D eigenvalue weighted by Gasteiger charge is 2.17. The fourth-order valence-corrected chi connectivity index (χ4v) is 3.23. The fraction of sp³-hybridized carbons (Fsp3) is 0.333. The van der Waals surface area contributed by atoms with Crippen LogP contribution in [0.25, 0.3) is 0 Å². The van der Waals surface area contributed by atoms with Crippen LogP contribution in [0.1, 0.15) is 22.7 Å². The Morgan fingerprint density at radius 3 is 2.12 bits per heavy atom. The van der Waals surface area contributed by atoms with E-state index in [-0.39, 0.29) is 18.7 Å². The molecular weight excluding hydrogens is 238 g/mol. The van der Waals surface area contributed by atoms with E-state index in [0.717, 1.165) is 0 Å². The maximum absolute atomic E-state index is 9.12. The first-order chi connectivity index (χ1) is 7.81. The number of aliphatic hydroxyl groups is 1. The van der Waals surface area contributed by atoms with Crippen molar-refractivity contribution in [2.24, 2.45) is 0 Å². The van der Waals surface area contributed by atoms with Gasteiger partial charge in [-0.25, -0.2) is 0 Å². The summed E-state index contributed by atoms with van der Waals surface area (Å²) in [5, 5.41) is 16.7. The number of thiophene rings is 2. The molecule has 2 rings (SSSR count). The first kappa shape index (κ1) is 11.8. The van der Waals surface area contributed by atoms with E-state index < -0.39 is 0 Å². The highest BCUT2D eigenvalue weighted by Crippen LogP contribution is 2.29. The maximum atomic E-state index is 9.12. The first-order valence-corrected chi connectivity index (χ1v) is 7.01. The van der Waals surface area contributed by atoms with Gasteiger partial charge in [0.1, 0.15) is 0 Å². The zero-order chi connectivity index (χ0) is 11.4. The summed E-state index contributed by atoms with van der Waals surface area (Å²) >= 11 is 3.49. The van der Waals surface area contributed by atoms with Crippen molar-refractivity contribution in [3.63, 3.8) is 0 Å². The molecule has 0 radical (unpaired) electrons. The van der Waals surface area contributed by atoms with Crippen LogP contribution in [0.4, 0.5) is 0 Å². The molecule has 16 heavy (non-hydrogen) atoms. The van der Waals surface area contributed by atoms with Crippen LogP contribution < -0.4 is 5.32 Å². The lowest BCUT2D eigenvalue weighted by Gasteiger charge is -2.20. The lowest BCUT2D eigenvalue weighted by molar-refractivity contribution is 0.246. The van der Waals surface area contributed by atoms with Gasteiger partial charge in [-0.1, -0.05) is 12.1 Å². The Labute approximate surface area is 104 Å². The molecule has 0 saturated carbocycles. The molecule has 2 aromatic rings. The molecule has 2 heterocycles. The van der Waals surface area contributed by atoms with Gasteiger partial charge in [0, 0.05) is 15.8 Å². The van der Waals surface area contributed by atoms with Crippen LogP contribution in [0.3, 0.4) is 0 Å². The van der Waals surface area contributed by atoms with Crippen LogP contribution in [0.5, 0.6) is 0 Å². The minimum atomic E-state index is 0.106. The molecule has 0 fully saturated rings. The van der Waals surface area contributed by atoms with Gasteiger partial charge in [0.15, 0.2) is 0 Å². The van der Waals surface area contributed by atoms with E-state index in [0.29, 0.717) is 0 Å². The summed E-state index contributed by atoms with van der Waals surface area (Å²) < 4.78 is 0. The van der Waals surface area contributed by atoms with Gasteiger partial charge in [0.2, 0.25) is 0 Å². The Hall–Kier alpha value is -0.680. The Bertz CT molecular complexity index is 362. The molecule has 0 bridgehead atoms. The first-order valence-electron chi connectivity index (χ1n) is 5.25. The Kier molecular flexibility index (Phi) is 4.12. The van der Waals surface area contributed by atoms with Crippen LogP contribution in [0.15, 0.2) is 35.0 Å². The van der Waals surface area contributed by atoms with E-state index in [1.54, 1.807) is 22.7 Å². The van der Waals surface area contributed by atoms with Crippen LogP contribution in [-0.2, 0) is 0 Å². The largest absolute Gasteiger partial charge is 0.395 e. The summed E-state index contributed by atoms with van der Waals surface area (Å²) in [5.74, 6) is 0. The third-order valence-corrected chi connectivity index (χ3v) is 4.25. The lowest BCUT2D eigenvalue weighted by Crippen LogP contribution is -2.33. The lowest BCUT2D eigenvalue weighted by atomic mass is 10.2. The van der Waals surface area contributed by atoms with Gasteiger partial charge < -0.3 is 10.4 Å². The minimum absolute atomic E-state index is 0.106. The number of rotatable bonds is 5. The quantitative estimate of drug-likeness (QED) is 0.859. The molecule has 2 N–H and O–H groups in total. The van der Waals surface area contributed by atoms with Crippen molar-refractivity contribution in [3.8, 4) is 0 Å². The van der Waals surface area contributed by atoms with Crippen molar-refractivity contribution in [2.75, 3.05) is 6.61 Å². The van der Waals surface area contributed by atoms with Crippen molar-refractivity contribution < 1.29 is 5.11 Å². The van der Waals surface area contributed by atoms with Crippen LogP contribution in [0.2, 0.25) is 0 Å². The summed E-state index contributed by atoms with van der Waals surface area (Å²) in [7, 11) is 0. The molecule has 0 aliphatic carbocycles. The second kappa shape index (κ2) is 5.59. The Morgan fingerprint density at radius 1 is 1.19 bits per heavy atom.